The summed E-state index contributed by atoms with van der Waals surface area (Å²) in [6.45, 7) is 5.46. The van der Waals surface area contributed by atoms with Gasteiger partial charge in [0.25, 0.3) is 0 Å². The Labute approximate surface area is 120 Å². The standard InChI is InChI=1S/C16H22N2O2/c1-16(2,19)15-5-4-8-18(15)11-13-7-6-12(10-17)9-14(13)20-3/h6-7,9,15,19H,4-5,8,11H2,1-3H3. The van der Waals surface area contributed by atoms with Crippen molar-refractivity contribution in [2.75, 3.05) is 13.7 Å². The van der Waals surface area contributed by atoms with Crippen molar-refractivity contribution in [3.8, 4) is 11.8 Å². The maximum atomic E-state index is 10.3. The minimum Gasteiger partial charge on any atom is -0.496 e. The zero-order valence-electron chi connectivity index (χ0n) is 12.4. The summed E-state index contributed by atoms with van der Waals surface area (Å²) in [5.41, 5.74) is 0.963. The quantitative estimate of drug-likeness (QED) is 0.915. The molecule has 1 fully saturated rings. The van der Waals surface area contributed by atoms with E-state index in [0.717, 1.165) is 37.2 Å². The number of nitrogens with zero attached hydrogens (tertiary/aromatic N) is 2. The van der Waals surface area contributed by atoms with Crippen LogP contribution >= 0.6 is 0 Å². The maximum absolute atomic E-state index is 10.3. The second-order valence-corrected chi connectivity index (χ2v) is 5.92. The third kappa shape index (κ3) is 3.12. The molecule has 20 heavy (non-hydrogen) atoms. The highest BCUT2D eigenvalue weighted by Gasteiger charge is 2.35. The number of nitriles is 1. The molecule has 0 spiro atoms. The maximum Gasteiger partial charge on any atom is 0.124 e. The molecule has 1 saturated heterocycles. The van der Waals surface area contributed by atoms with Crippen molar-refractivity contribution in [3.63, 3.8) is 0 Å². The topological polar surface area (TPSA) is 56.5 Å². The molecule has 0 radical (unpaired) electrons. The molecule has 4 heteroatoms. The van der Waals surface area contributed by atoms with Gasteiger partial charge in [0, 0.05) is 18.2 Å². The van der Waals surface area contributed by atoms with Gasteiger partial charge in [-0.15, -0.1) is 0 Å². The van der Waals surface area contributed by atoms with Gasteiger partial charge < -0.3 is 9.84 Å². The van der Waals surface area contributed by atoms with Crippen LogP contribution in [0.1, 0.15) is 37.8 Å². The molecular weight excluding hydrogens is 252 g/mol. The van der Waals surface area contributed by atoms with Gasteiger partial charge in [-0.2, -0.15) is 5.26 Å². The Balaban J connectivity index is 2.20. The summed E-state index contributed by atoms with van der Waals surface area (Å²) in [7, 11) is 1.62. The Bertz CT molecular complexity index is 514. The normalized spacial score (nSPS) is 19.9. The first-order valence-corrected chi connectivity index (χ1v) is 6.99. The molecule has 1 unspecified atom stereocenters. The van der Waals surface area contributed by atoms with Crippen molar-refractivity contribution in [3.05, 3.63) is 29.3 Å². The van der Waals surface area contributed by atoms with Crippen LogP contribution in [0.25, 0.3) is 0 Å². The van der Waals surface area contributed by atoms with Gasteiger partial charge in [0.2, 0.25) is 0 Å². The van der Waals surface area contributed by atoms with Crippen LogP contribution < -0.4 is 4.74 Å². The van der Waals surface area contributed by atoms with Crippen LogP contribution in [0.3, 0.4) is 0 Å². The summed E-state index contributed by atoms with van der Waals surface area (Å²) in [4.78, 5) is 2.30. The number of rotatable bonds is 4. The molecule has 0 saturated carbocycles. The van der Waals surface area contributed by atoms with Crippen LogP contribution in [-0.4, -0.2) is 35.3 Å². The summed E-state index contributed by atoms with van der Waals surface area (Å²) in [5, 5.41) is 19.2. The zero-order valence-corrected chi connectivity index (χ0v) is 12.4. The van der Waals surface area contributed by atoms with Gasteiger partial charge in [-0.1, -0.05) is 6.07 Å². The molecule has 1 aromatic carbocycles. The third-order valence-electron chi connectivity index (χ3n) is 3.97. The second-order valence-electron chi connectivity index (χ2n) is 5.92. The van der Waals surface area contributed by atoms with E-state index in [9.17, 15) is 5.11 Å². The van der Waals surface area contributed by atoms with Gasteiger partial charge in [-0.25, -0.2) is 0 Å². The third-order valence-corrected chi connectivity index (χ3v) is 3.97. The van der Waals surface area contributed by atoms with E-state index in [1.54, 1.807) is 13.2 Å². The minimum atomic E-state index is -0.698. The zero-order chi connectivity index (χ0) is 14.8. The molecule has 1 aliphatic heterocycles. The Morgan fingerprint density at radius 2 is 2.25 bits per heavy atom. The Morgan fingerprint density at radius 3 is 2.85 bits per heavy atom. The van der Waals surface area contributed by atoms with Gasteiger partial charge in [0.05, 0.1) is 24.3 Å². The molecule has 0 aromatic heterocycles. The van der Waals surface area contributed by atoms with E-state index in [4.69, 9.17) is 10.00 Å². The van der Waals surface area contributed by atoms with E-state index < -0.39 is 5.60 Å². The summed E-state index contributed by atoms with van der Waals surface area (Å²) in [5.74, 6) is 0.741. The van der Waals surface area contributed by atoms with E-state index in [-0.39, 0.29) is 6.04 Å². The average Bonchev–Trinajstić information content (AvgIpc) is 2.87. The smallest absolute Gasteiger partial charge is 0.124 e. The summed E-state index contributed by atoms with van der Waals surface area (Å²) < 4.78 is 5.38. The lowest BCUT2D eigenvalue weighted by Gasteiger charge is -2.34. The van der Waals surface area contributed by atoms with E-state index in [1.807, 2.05) is 26.0 Å². The second kappa shape index (κ2) is 5.82. The van der Waals surface area contributed by atoms with E-state index >= 15 is 0 Å². The molecular formula is C16H22N2O2. The van der Waals surface area contributed by atoms with Crippen LogP contribution in [-0.2, 0) is 6.54 Å². The van der Waals surface area contributed by atoms with Crippen molar-refractivity contribution in [1.29, 1.82) is 5.26 Å². The molecule has 108 valence electrons. The number of aliphatic hydroxyl groups is 1. The number of benzene rings is 1. The van der Waals surface area contributed by atoms with E-state index in [2.05, 4.69) is 11.0 Å². The van der Waals surface area contributed by atoms with Crippen molar-refractivity contribution in [2.24, 2.45) is 0 Å². The predicted octanol–water partition coefficient (Wildman–Crippen LogP) is 2.30. The van der Waals surface area contributed by atoms with Gasteiger partial charge in [-0.3, -0.25) is 4.90 Å². The fourth-order valence-electron chi connectivity index (χ4n) is 2.98. The van der Waals surface area contributed by atoms with Crippen molar-refractivity contribution < 1.29 is 9.84 Å². The first-order valence-electron chi connectivity index (χ1n) is 6.99. The highest BCUT2D eigenvalue weighted by molar-refractivity contribution is 5.42. The van der Waals surface area contributed by atoms with Crippen molar-refractivity contribution in [1.82, 2.24) is 4.90 Å². The first kappa shape index (κ1) is 14.8. The monoisotopic (exact) mass is 274 g/mol. The highest BCUT2D eigenvalue weighted by atomic mass is 16.5. The summed E-state index contributed by atoms with van der Waals surface area (Å²) in [6.07, 6.45) is 2.12. The fraction of sp³-hybridized carbons (Fsp3) is 0.562. The number of hydrogen-bond acceptors (Lipinski definition) is 4. The van der Waals surface area contributed by atoms with Crippen molar-refractivity contribution in [2.45, 2.75) is 44.9 Å². The Morgan fingerprint density at radius 1 is 1.50 bits per heavy atom. The number of ether oxygens (including phenoxy) is 1. The molecule has 0 aliphatic carbocycles. The molecule has 1 aliphatic rings. The van der Waals surface area contributed by atoms with Crippen LogP contribution in [0.15, 0.2) is 18.2 Å². The van der Waals surface area contributed by atoms with Crippen LogP contribution in [0.4, 0.5) is 0 Å². The molecule has 0 bridgehead atoms. The molecule has 1 atom stereocenters. The van der Waals surface area contributed by atoms with Gasteiger partial charge in [0.15, 0.2) is 0 Å². The van der Waals surface area contributed by atoms with Gasteiger partial charge in [0.1, 0.15) is 5.75 Å². The lowest BCUT2D eigenvalue weighted by molar-refractivity contribution is -0.00520. The fourth-order valence-corrected chi connectivity index (χ4v) is 2.98. The number of likely N-dealkylation sites (tertiary alicyclic amines) is 1. The average molecular weight is 274 g/mol. The molecule has 0 amide bonds. The van der Waals surface area contributed by atoms with Gasteiger partial charge >= 0.3 is 0 Å². The molecule has 4 nitrogen and oxygen atoms in total. The van der Waals surface area contributed by atoms with Crippen LogP contribution in [0.2, 0.25) is 0 Å². The SMILES string of the molecule is COc1cc(C#N)ccc1CN1CCCC1C(C)(C)O. The Hall–Kier alpha value is -1.57. The van der Waals surface area contributed by atoms with Gasteiger partial charge in [-0.05, 0) is 45.4 Å². The minimum absolute atomic E-state index is 0.169. The predicted molar refractivity (Wildman–Crippen MR) is 77.4 cm³/mol. The molecule has 1 N–H and O–H groups in total. The van der Waals surface area contributed by atoms with Crippen LogP contribution in [0, 0.1) is 11.3 Å². The lowest BCUT2D eigenvalue weighted by atomic mass is 9.96. The number of hydrogen-bond donors (Lipinski definition) is 1. The molecule has 1 heterocycles. The first-order chi connectivity index (χ1) is 9.45. The van der Waals surface area contributed by atoms with Crippen LogP contribution in [0.5, 0.6) is 5.75 Å². The van der Waals surface area contributed by atoms with E-state index in [0.29, 0.717) is 5.56 Å². The summed E-state index contributed by atoms with van der Waals surface area (Å²) in [6, 6.07) is 7.81. The molecule has 2 rings (SSSR count). The number of methoxy groups -OCH3 is 1. The highest BCUT2D eigenvalue weighted by Crippen LogP contribution is 2.30. The Kier molecular flexibility index (Phi) is 4.32. The lowest BCUT2D eigenvalue weighted by Crippen LogP contribution is -2.45. The molecule has 1 aromatic rings. The summed E-state index contributed by atoms with van der Waals surface area (Å²) >= 11 is 0. The largest absolute Gasteiger partial charge is 0.496 e. The van der Waals surface area contributed by atoms with E-state index in [1.165, 1.54) is 0 Å². The van der Waals surface area contributed by atoms with Crippen molar-refractivity contribution >= 4 is 0 Å².